The molecule has 0 atom stereocenters. The van der Waals surface area contributed by atoms with Crippen LogP contribution in [0.15, 0.2) is 60.8 Å². The Hall–Kier alpha value is -4.90. The van der Waals surface area contributed by atoms with Gasteiger partial charge in [0, 0.05) is 105 Å². The number of amides is 3. The summed E-state index contributed by atoms with van der Waals surface area (Å²) in [7, 11) is 3.22. The minimum absolute atomic E-state index is 0.00557. The summed E-state index contributed by atoms with van der Waals surface area (Å²) in [6.07, 6.45) is 5.32. The molecular formula is C39H46N6O5. The standard InChI is InChI=1S/C39H46N6O5/c1-26(46)42-14-9-27(10-15-42)38(47)44-16-11-32(12-17-44)43-18-20-45(21-19-43)39(48)31-23-34(28-4-6-33-30(22-28)8-13-40-33)41-35(24-31)29-5-7-36(49-2)37(25-29)50-3/h4-8,13,22-25,27,32,40H,9-12,14-21H2,1-3H3. The molecule has 0 radical (unpaired) electrons. The van der Waals surface area contributed by atoms with Gasteiger partial charge in [0.05, 0.1) is 25.6 Å². The highest BCUT2D eigenvalue weighted by Gasteiger charge is 2.34. The maximum Gasteiger partial charge on any atom is 0.254 e. The fraction of sp³-hybridized carbons (Fsp3) is 0.436. The van der Waals surface area contributed by atoms with Crippen molar-refractivity contribution in [3.05, 3.63) is 66.4 Å². The Kier molecular flexibility index (Phi) is 9.76. The number of aromatic nitrogens is 2. The highest BCUT2D eigenvalue weighted by atomic mass is 16.5. The number of carbonyl (C=O) groups is 3. The van der Waals surface area contributed by atoms with Gasteiger partial charge in [0.1, 0.15) is 0 Å². The van der Waals surface area contributed by atoms with Crippen LogP contribution in [-0.4, -0.2) is 120 Å². The summed E-state index contributed by atoms with van der Waals surface area (Å²) in [5.74, 6) is 1.58. The zero-order valence-electron chi connectivity index (χ0n) is 29.2. The van der Waals surface area contributed by atoms with Crippen LogP contribution in [0.4, 0.5) is 0 Å². The molecule has 2 aromatic heterocycles. The van der Waals surface area contributed by atoms with E-state index in [0.29, 0.717) is 55.0 Å². The van der Waals surface area contributed by atoms with E-state index in [0.717, 1.165) is 79.6 Å². The van der Waals surface area contributed by atoms with Crippen LogP contribution in [-0.2, 0) is 9.59 Å². The molecule has 3 fully saturated rings. The fourth-order valence-corrected chi connectivity index (χ4v) is 7.78. The topological polar surface area (TPSA) is 111 Å². The Labute approximate surface area is 293 Å². The van der Waals surface area contributed by atoms with Crippen LogP contribution in [0.5, 0.6) is 11.5 Å². The highest BCUT2D eigenvalue weighted by molar-refractivity contribution is 5.97. The second-order valence-corrected chi connectivity index (χ2v) is 13.6. The van der Waals surface area contributed by atoms with E-state index in [9.17, 15) is 14.4 Å². The first-order valence-corrected chi connectivity index (χ1v) is 17.7. The number of carbonyl (C=O) groups excluding carboxylic acids is 3. The van der Waals surface area contributed by atoms with Crippen molar-refractivity contribution in [1.29, 1.82) is 0 Å². The highest BCUT2D eigenvalue weighted by Crippen LogP contribution is 2.34. The van der Waals surface area contributed by atoms with Crippen molar-refractivity contribution >= 4 is 28.6 Å². The molecule has 4 aromatic rings. The van der Waals surface area contributed by atoms with E-state index < -0.39 is 0 Å². The average molecular weight is 679 g/mol. The molecule has 11 nitrogen and oxygen atoms in total. The summed E-state index contributed by atoms with van der Waals surface area (Å²) in [6.45, 7) is 7.38. The SMILES string of the molecule is COc1ccc(-c2cc(C(=O)N3CCN(C4CCN(C(=O)C5CCN(C(C)=O)CC5)CC4)CC3)cc(-c3ccc4[nH]ccc4c3)n2)cc1OC. The predicted molar refractivity (Wildman–Crippen MR) is 192 cm³/mol. The van der Waals surface area contributed by atoms with E-state index in [2.05, 4.69) is 16.0 Å². The third kappa shape index (κ3) is 6.92. The smallest absolute Gasteiger partial charge is 0.254 e. The number of aromatic amines is 1. The maximum atomic E-state index is 14.1. The quantitative estimate of drug-likeness (QED) is 0.296. The lowest BCUT2D eigenvalue weighted by atomic mass is 9.93. The van der Waals surface area contributed by atoms with Gasteiger partial charge >= 0.3 is 0 Å². The largest absolute Gasteiger partial charge is 0.493 e. The number of pyridine rings is 1. The molecule has 3 amide bonds. The third-order valence-corrected chi connectivity index (χ3v) is 10.8. The van der Waals surface area contributed by atoms with Crippen molar-refractivity contribution in [2.24, 2.45) is 5.92 Å². The van der Waals surface area contributed by atoms with Crippen molar-refractivity contribution in [1.82, 2.24) is 29.6 Å². The Balaban J connectivity index is 1.02. The molecule has 11 heteroatoms. The third-order valence-electron chi connectivity index (χ3n) is 10.8. The van der Waals surface area contributed by atoms with E-state index in [4.69, 9.17) is 14.5 Å². The van der Waals surface area contributed by atoms with Gasteiger partial charge in [-0.3, -0.25) is 19.3 Å². The number of hydrogen-bond acceptors (Lipinski definition) is 7. The van der Waals surface area contributed by atoms with Crippen molar-refractivity contribution in [2.75, 3.05) is 66.6 Å². The van der Waals surface area contributed by atoms with Crippen molar-refractivity contribution < 1.29 is 23.9 Å². The molecular weight excluding hydrogens is 632 g/mol. The minimum atomic E-state index is -0.00557. The lowest BCUT2D eigenvalue weighted by Gasteiger charge is -2.43. The van der Waals surface area contributed by atoms with Crippen LogP contribution in [0, 0.1) is 5.92 Å². The number of fused-ring (bicyclic) bond motifs is 1. The molecule has 1 N–H and O–H groups in total. The van der Waals surface area contributed by atoms with Crippen LogP contribution in [0.1, 0.15) is 43.0 Å². The fourth-order valence-electron chi connectivity index (χ4n) is 7.78. The molecule has 3 saturated heterocycles. The Bertz CT molecular complexity index is 1870. The van der Waals surface area contributed by atoms with Crippen molar-refractivity contribution in [3.63, 3.8) is 0 Å². The molecule has 2 aromatic carbocycles. The molecule has 0 bridgehead atoms. The number of nitrogens with one attached hydrogen (secondary N) is 1. The number of methoxy groups -OCH3 is 2. The Morgan fingerprint density at radius 3 is 2.00 bits per heavy atom. The lowest BCUT2D eigenvalue weighted by molar-refractivity contribution is -0.141. The number of piperazine rings is 1. The monoisotopic (exact) mass is 678 g/mol. The van der Waals surface area contributed by atoms with Crippen LogP contribution < -0.4 is 9.47 Å². The Morgan fingerprint density at radius 1 is 0.700 bits per heavy atom. The summed E-state index contributed by atoms with van der Waals surface area (Å²) in [5.41, 5.74) is 4.83. The van der Waals surface area contributed by atoms with E-state index in [1.54, 1.807) is 21.1 Å². The summed E-state index contributed by atoms with van der Waals surface area (Å²) >= 11 is 0. The van der Waals surface area contributed by atoms with Gasteiger partial charge in [-0.1, -0.05) is 6.07 Å². The number of nitrogens with zero attached hydrogens (tertiary/aromatic N) is 5. The summed E-state index contributed by atoms with van der Waals surface area (Å²) in [6, 6.07) is 18.1. The molecule has 50 heavy (non-hydrogen) atoms. The molecule has 0 aliphatic carbocycles. The Morgan fingerprint density at radius 2 is 1.34 bits per heavy atom. The maximum absolute atomic E-state index is 14.1. The number of piperidine rings is 2. The van der Waals surface area contributed by atoms with Crippen LogP contribution in [0.3, 0.4) is 0 Å². The number of ether oxygens (including phenoxy) is 2. The van der Waals surface area contributed by atoms with Crippen molar-refractivity contribution in [3.8, 4) is 34.0 Å². The number of likely N-dealkylation sites (tertiary alicyclic amines) is 2. The number of H-pyrrole nitrogens is 1. The molecule has 5 heterocycles. The summed E-state index contributed by atoms with van der Waals surface area (Å²) in [5, 5.41) is 1.08. The van der Waals surface area contributed by atoms with Crippen LogP contribution in [0.2, 0.25) is 0 Å². The molecule has 0 unspecified atom stereocenters. The van der Waals surface area contributed by atoms with E-state index in [-0.39, 0.29) is 23.6 Å². The summed E-state index contributed by atoms with van der Waals surface area (Å²) < 4.78 is 11.0. The molecule has 3 aliphatic heterocycles. The van der Waals surface area contributed by atoms with Gasteiger partial charge in [-0.2, -0.15) is 0 Å². The zero-order chi connectivity index (χ0) is 34.8. The van der Waals surface area contributed by atoms with E-state index in [1.807, 2.05) is 69.4 Å². The van der Waals surface area contributed by atoms with Gasteiger partial charge in [-0.25, -0.2) is 4.98 Å². The normalized spacial score (nSPS) is 18.0. The van der Waals surface area contributed by atoms with Gasteiger partial charge in [-0.15, -0.1) is 0 Å². The van der Waals surface area contributed by atoms with Gasteiger partial charge < -0.3 is 29.2 Å². The second kappa shape index (κ2) is 14.5. The summed E-state index contributed by atoms with van der Waals surface area (Å²) in [4.78, 5) is 55.7. The molecule has 7 rings (SSSR count). The van der Waals surface area contributed by atoms with Gasteiger partial charge in [-0.05, 0) is 74.2 Å². The first-order chi connectivity index (χ1) is 24.3. The molecule has 262 valence electrons. The first-order valence-electron chi connectivity index (χ1n) is 17.7. The van der Waals surface area contributed by atoms with Crippen LogP contribution in [0.25, 0.3) is 33.4 Å². The number of rotatable bonds is 7. The van der Waals surface area contributed by atoms with E-state index >= 15 is 0 Å². The van der Waals surface area contributed by atoms with E-state index in [1.165, 1.54) is 0 Å². The second-order valence-electron chi connectivity index (χ2n) is 13.6. The van der Waals surface area contributed by atoms with Crippen molar-refractivity contribution in [2.45, 2.75) is 38.6 Å². The predicted octanol–water partition coefficient (Wildman–Crippen LogP) is 4.92. The van der Waals surface area contributed by atoms with Gasteiger partial charge in [0.25, 0.3) is 5.91 Å². The number of hydrogen-bond donors (Lipinski definition) is 1. The molecule has 0 saturated carbocycles. The first kappa shape index (κ1) is 33.6. The van der Waals surface area contributed by atoms with Crippen LogP contribution >= 0.6 is 0 Å². The van der Waals surface area contributed by atoms with Gasteiger partial charge in [0.15, 0.2) is 11.5 Å². The van der Waals surface area contributed by atoms with Gasteiger partial charge in [0.2, 0.25) is 11.8 Å². The zero-order valence-corrected chi connectivity index (χ0v) is 29.2. The average Bonchev–Trinajstić information content (AvgIpc) is 3.65. The molecule has 3 aliphatic rings. The number of benzene rings is 2. The molecule has 0 spiro atoms. The minimum Gasteiger partial charge on any atom is -0.493 e. The lowest BCUT2D eigenvalue weighted by Crippen LogP contribution is -2.55.